The maximum Gasteiger partial charge on any atom is 0.251 e. The second-order valence-electron chi connectivity index (χ2n) is 5.28. The van der Waals surface area contributed by atoms with Crippen LogP contribution in [0.5, 0.6) is 0 Å². The molecule has 1 aromatic heterocycles. The first kappa shape index (κ1) is 15.1. The Labute approximate surface area is 135 Å². The monoisotopic (exact) mass is 306 g/mol. The molecule has 4 nitrogen and oxygen atoms in total. The molecule has 0 bridgehead atoms. The van der Waals surface area contributed by atoms with Crippen molar-refractivity contribution in [3.8, 4) is 5.69 Å². The predicted octanol–water partition coefficient (Wildman–Crippen LogP) is 2.94. The summed E-state index contributed by atoms with van der Waals surface area (Å²) >= 11 is 0. The topological polar surface area (TPSA) is 54.3 Å². The van der Waals surface area contributed by atoms with Gasteiger partial charge in [0.2, 0.25) is 0 Å². The van der Waals surface area contributed by atoms with Gasteiger partial charge in [0, 0.05) is 30.2 Å². The molecule has 0 aliphatic carbocycles. The SMILES string of the molecule is O=C(NC[C@H](O)c1ccccc1)c1cccc(-n2cccc2)c1. The summed E-state index contributed by atoms with van der Waals surface area (Å²) in [5.74, 6) is -0.200. The molecule has 0 saturated heterocycles. The lowest BCUT2D eigenvalue weighted by molar-refractivity contribution is 0.0916. The Morgan fingerprint density at radius 3 is 2.48 bits per heavy atom. The van der Waals surface area contributed by atoms with Crippen molar-refractivity contribution in [2.75, 3.05) is 6.54 Å². The summed E-state index contributed by atoms with van der Waals surface area (Å²) in [4.78, 5) is 12.3. The van der Waals surface area contributed by atoms with Crippen LogP contribution < -0.4 is 5.32 Å². The van der Waals surface area contributed by atoms with E-state index in [1.807, 2.05) is 77.6 Å². The quantitative estimate of drug-likeness (QED) is 0.761. The lowest BCUT2D eigenvalue weighted by Crippen LogP contribution is -2.28. The molecule has 1 heterocycles. The molecule has 2 N–H and O–H groups in total. The minimum absolute atomic E-state index is 0.177. The number of nitrogens with one attached hydrogen (secondary N) is 1. The Kier molecular flexibility index (Phi) is 4.54. The van der Waals surface area contributed by atoms with Gasteiger partial charge in [-0.05, 0) is 35.9 Å². The van der Waals surface area contributed by atoms with Gasteiger partial charge < -0.3 is 15.0 Å². The first-order valence-electron chi connectivity index (χ1n) is 7.48. The van der Waals surface area contributed by atoms with Crippen LogP contribution in [0.15, 0.2) is 79.1 Å². The van der Waals surface area contributed by atoms with E-state index in [0.29, 0.717) is 5.56 Å². The fraction of sp³-hybridized carbons (Fsp3) is 0.105. The van der Waals surface area contributed by atoms with Crippen LogP contribution in [0.3, 0.4) is 0 Å². The van der Waals surface area contributed by atoms with Crippen molar-refractivity contribution in [1.82, 2.24) is 9.88 Å². The molecule has 3 rings (SSSR count). The zero-order valence-corrected chi connectivity index (χ0v) is 12.6. The van der Waals surface area contributed by atoms with Crippen LogP contribution in [0.1, 0.15) is 22.0 Å². The van der Waals surface area contributed by atoms with Gasteiger partial charge in [-0.25, -0.2) is 0 Å². The molecule has 0 aliphatic heterocycles. The van der Waals surface area contributed by atoms with Gasteiger partial charge >= 0.3 is 0 Å². The van der Waals surface area contributed by atoms with E-state index in [-0.39, 0.29) is 12.5 Å². The number of rotatable bonds is 5. The van der Waals surface area contributed by atoms with Gasteiger partial charge in [0.05, 0.1) is 6.10 Å². The number of benzene rings is 2. The van der Waals surface area contributed by atoms with Crippen molar-refractivity contribution in [3.63, 3.8) is 0 Å². The van der Waals surface area contributed by atoms with E-state index < -0.39 is 6.10 Å². The fourth-order valence-corrected chi connectivity index (χ4v) is 2.40. The van der Waals surface area contributed by atoms with E-state index in [4.69, 9.17) is 0 Å². The number of amides is 1. The molecule has 1 amide bonds. The number of aromatic nitrogens is 1. The van der Waals surface area contributed by atoms with E-state index in [2.05, 4.69) is 5.32 Å². The van der Waals surface area contributed by atoms with Crippen molar-refractivity contribution in [2.24, 2.45) is 0 Å². The number of hydrogen-bond donors (Lipinski definition) is 2. The molecule has 2 aromatic carbocycles. The highest BCUT2D eigenvalue weighted by Gasteiger charge is 2.11. The zero-order valence-electron chi connectivity index (χ0n) is 12.6. The van der Waals surface area contributed by atoms with E-state index in [9.17, 15) is 9.90 Å². The molecule has 0 radical (unpaired) electrons. The average molecular weight is 306 g/mol. The highest BCUT2D eigenvalue weighted by molar-refractivity contribution is 5.94. The first-order chi connectivity index (χ1) is 11.2. The lowest BCUT2D eigenvalue weighted by atomic mass is 10.1. The standard InChI is InChI=1S/C19H18N2O2/c22-18(15-7-2-1-3-8-15)14-20-19(23)16-9-6-10-17(13-16)21-11-4-5-12-21/h1-13,18,22H,14H2,(H,20,23)/t18-/m0/s1. The fourth-order valence-electron chi connectivity index (χ4n) is 2.40. The highest BCUT2D eigenvalue weighted by Crippen LogP contribution is 2.13. The summed E-state index contributed by atoms with van der Waals surface area (Å²) in [6, 6.07) is 20.5. The summed E-state index contributed by atoms with van der Waals surface area (Å²) in [5, 5.41) is 12.9. The molecule has 0 unspecified atom stereocenters. The van der Waals surface area contributed by atoms with E-state index >= 15 is 0 Å². The molecular weight excluding hydrogens is 288 g/mol. The Morgan fingerprint density at radius 2 is 1.74 bits per heavy atom. The van der Waals surface area contributed by atoms with Crippen molar-refractivity contribution in [1.29, 1.82) is 0 Å². The van der Waals surface area contributed by atoms with Crippen LogP contribution in [0.25, 0.3) is 5.69 Å². The largest absolute Gasteiger partial charge is 0.387 e. The Balaban J connectivity index is 1.66. The van der Waals surface area contributed by atoms with Crippen LogP contribution in [0.4, 0.5) is 0 Å². The minimum atomic E-state index is -0.715. The summed E-state index contributed by atoms with van der Waals surface area (Å²) in [5.41, 5.74) is 2.27. The third-order valence-corrected chi connectivity index (χ3v) is 3.65. The molecule has 4 heteroatoms. The molecular formula is C19H18N2O2. The third kappa shape index (κ3) is 3.67. The molecule has 116 valence electrons. The number of nitrogens with zero attached hydrogens (tertiary/aromatic N) is 1. The van der Waals surface area contributed by atoms with Crippen LogP contribution in [-0.4, -0.2) is 22.1 Å². The molecule has 0 saturated carbocycles. The Hall–Kier alpha value is -2.85. The minimum Gasteiger partial charge on any atom is -0.387 e. The first-order valence-corrected chi connectivity index (χ1v) is 7.48. The highest BCUT2D eigenvalue weighted by atomic mass is 16.3. The van der Waals surface area contributed by atoms with Crippen molar-refractivity contribution < 1.29 is 9.90 Å². The van der Waals surface area contributed by atoms with Crippen molar-refractivity contribution >= 4 is 5.91 Å². The molecule has 3 aromatic rings. The molecule has 0 aliphatic rings. The van der Waals surface area contributed by atoms with E-state index in [1.54, 1.807) is 6.07 Å². The number of hydrogen-bond acceptors (Lipinski definition) is 2. The number of aliphatic hydroxyl groups is 1. The van der Waals surface area contributed by atoms with Gasteiger partial charge in [-0.15, -0.1) is 0 Å². The van der Waals surface area contributed by atoms with E-state index in [0.717, 1.165) is 11.3 Å². The zero-order chi connectivity index (χ0) is 16.1. The van der Waals surface area contributed by atoms with Crippen LogP contribution in [0, 0.1) is 0 Å². The van der Waals surface area contributed by atoms with Crippen molar-refractivity contribution in [3.05, 3.63) is 90.3 Å². The summed E-state index contributed by atoms with van der Waals surface area (Å²) in [6.45, 7) is 0.177. The second-order valence-corrected chi connectivity index (χ2v) is 5.28. The average Bonchev–Trinajstić information content (AvgIpc) is 3.15. The van der Waals surface area contributed by atoms with E-state index in [1.165, 1.54) is 0 Å². The third-order valence-electron chi connectivity index (χ3n) is 3.65. The maximum atomic E-state index is 12.3. The van der Waals surface area contributed by atoms with Gasteiger partial charge in [-0.3, -0.25) is 4.79 Å². The summed E-state index contributed by atoms with van der Waals surface area (Å²) < 4.78 is 1.94. The maximum absolute atomic E-state index is 12.3. The lowest BCUT2D eigenvalue weighted by Gasteiger charge is -2.12. The number of carbonyl (C=O) groups excluding carboxylic acids is 1. The molecule has 1 atom stereocenters. The van der Waals surface area contributed by atoms with Gasteiger partial charge in [-0.2, -0.15) is 0 Å². The molecule has 0 spiro atoms. The van der Waals surface area contributed by atoms with Gasteiger partial charge in [0.25, 0.3) is 5.91 Å². The van der Waals surface area contributed by atoms with Crippen LogP contribution in [0.2, 0.25) is 0 Å². The number of aliphatic hydroxyl groups excluding tert-OH is 1. The predicted molar refractivity (Wildman–Crippen MR) is 89.5 cm³/mol. The van der Waals surface area contributed by atoms with Crippen LogP contribution >= 0.6 is 0 Å². The Morgan fingerprint density at radius 1 is 1.00 bits per heavy atom. The second kappa shape index (κ2) is 6.94. The Bertz CT molecular complexity index is 767. The van der Waals surface area contributed by atoms with Crippen molar-refractivity contribution in [2.45, 2.75) is 6.10 Å². The molecule has 23 heavy (non-hydrogen) atoms. The number of carbonyl (C=O) groups is 1. The van der Waals surface area contributed by atoms with Gasteiger partial charge in [-0.1, -0.05) is 36.4 Å². The normalized spacial score (nSPS) is 11.9. The molecule has 0 fully saturated rings. The summed E-state index contributed by atoms with van der Waals surface area (Å²) in [7, 11) is 0. The van der Waals surface area contributed by atoms with Gasteiger partial charge in [0.15, 0.2) is 0 Å². The van der Waals surface area contributed by atoms with Crippen LogP contribution in [-0.2, 0) is 0 Å². The van der Waals surface area contributed by atoms with Gasteiger partial charge in [0.1, 0.15) is 0 Å². The summed E-state index contributed by atoms with van der Waals surface area (Å²) in [6.07, 6.45) is 3.14. The smallest absolute Gasteiger partial charge is 0.251 e.